The van der Waals surface area contributed by atoms with Crippen molar-refractivity contribution < 1.29 is 13.5 Å². The first-order chi connectivity index (χ1) is 15.9. The van der Waals surface area contributed by atoms with E-state index in [0.29, 0.717) is 22.6 Å². The monoisotopic (exact) mass is 465 g/mol. The molecule has 6 nitrogen and oxygen atoms in total. The summed E-state index contributed by atoms with van der Waals surface area (Å²) >= 11 is 1.28. The first-order valence-corrected chi connectivity index (χ1v) is 11.0. The lowest BCUT2D eigenvalue weighted by Crippen LogP contribution is -2.02. The quantitative estimate of drug-likeness (QED) is 0.320. The fraction of sp³-hybridized carbons (Fsp3) is 0.125. The van der Waals surface area contributed by atoms with Crippen molar-refractivity contribution in [2.75, 3.05) is 10.5 Å². The van der Waals surface area contributed by atoms with Gasteiger partial charge in [0.2, 0.25) is 17.6 Å². The number of pyridine rings is 1. The van der Waals surface area contributed by atoms with Gasteiger partial charge in [0.15, 0.2) is 11.6 Å². The van der Waals surface area contributed by atoms with Gasteiger partial charge in [0.05, 0.1) is 16.9 Å². The Morgan fingerprint density at radius 3 is 2.55 bits per heavy atom. The number of nitrogens with one attached hydrogen (secondary N) is 1. The number of anilines is 2. The molecule has 2 heterocycles. The molecule has 0 radical (unpaired) electrons. The average Bonchev–Trinajstić information content (AvgIpc) is 2.81. The molecule has 2 aromatic heterocycles. The number of hydrogen-bond acceptors (Lipinski definition) is 7. The molecule has 4 aromatic rings. The molecule has 0 aliphatic heterocycles. The smallest absolute Gasteiger partial charge is 0.228 e. The summed E-state index contributed by atoms with van der Waals surface area (Å²) in [7, 11) is 0. The van der Waals surface area contributed by atoms with E-state index >= 15 is 0 Å². The molecule has 0 spiro atoms. The molecule has 0 amide bonds. The van der Waals surface area contributed by atoms with Crippen LogP contribution < -0.4 is 15.2 Å². The van der Waals surface area contributed by atoms with Gasteiger partial charge in [-0.05, 0) is 61.2 Å². The van der Waals surface area contributed by atoms with E-state index in [4.69, 9.17) is 10.5 Å². The fourth-order valence-corrected chi connectivity index (χ4v) is 3.92. The number of hydrogen-bond donors (Lipinski definition) is 2. The number of nitrogen functional groups attached to an aromatic ring is 1. The maximum atomic E-state index is 14.9. The molecular weight excluding hydrogens is 444 g/mol. The third kappa shape index (κ3) is 5.20. The number of nitrogens with zero attached hydrogens (tertiary/aromatic N) is 3. The van der Waals surface area contributed by atoms with Crippen LogP contribution in [-0.2, 0) is 5.75 Å². The highest BCUT2D eigenvalue weighted by molar-refractivity contribution is 7.99. The Morgan fingerprint density at radius 1 is 1.00 bits per heavy atom. The number of benzene rings is 2. The number of halogens is 2. The van der Waals surface area contributed by atoms with Crippen molar-refractivity contribution in [3.05, 3.63) is 89.2 Å². The molecule has 0 saturated heterocycles. The average molecular weight is 466 g/mol. The van der Waals surface area contributed by atoms with E-state index < -0.39 is 11.6 Å². The van der Waals surface area contributed by atoms with Crippen LogP contribution in [0.4, 0.5) is 20.4 Å². The van der Waals surface area contributed by atoms with Crippen LogP contribution in [0.2, 0.25) is 0 Å². The van der Waals surface area contributed by atoms with Crippen LogP contribution in [0.5, 0.6) is 11.6 Å². The molecule has 0 fully saturated rings. The van der Waals surface area contributed by atoms with Gasteiger partial charge in [-0.2, -0.15) is 4.39 Å². The lowest BCUT2D eigenvalue weighted by atomic mass is 10.1. The van der Waals surface area contributed by atoms with Crippen LogP contribution in [0.15, 0.2) is 60.9 Å². The Balaban J connectivity index is 1.55. The summed E-state index contributed by atoms with van der Waals surface area (Å²) < 4.78 is 38.4. The largest absolute Gasteiger partial charge is 0.435 e. The summed E-state index contributed by atoms with van der Waals surface area (Å²) in [6, 6.07) is 14.5. The minimum Gasteiger partial charge on any atom is -0.435 e. The van der Waals surface area contributed by atoms with Gasteiger partial charge >= 0.3 is 0 Å². The Bertz CT molecular complexity index is 1280. The van der Waals surface area contributed by atoms with E-state index in [9.17, 15) is 8.78 Å². The minimum atomic E-state index is -1.11. The van der Waals surface area contributed by atoms with Crippen LogP contribution in [0.3, 0.4) is 0 Å². The van der Waals surface area contributed by atoms with Crippen molar-refractivity contribution in [2.24, 2.45) is 0 Å². The van der Waals surface area contributed by atoms with E-state index in [1.54, 1.807) is 25.1 Å². The molecule has 0 atom stereocenters. The summed E-state index contributed by atoms with van der Waals surface area (Å²) in [5.41, 5.74) is 9.38. The molecular formula is C24H21F2N5OS. The van der Waals surface area contributed by atoms with Crippen LogP contribution >= 0.6 is 11.9 Å². The van der Waals surface area contributed by atoms with Crippen LogP contribution in [0.1, 0.15) is 16.7 Å². The van der Waals surface area contributed by atoms with Crippen molar-refractivity contribution in [3.8, 4) is 22.9 Å². The summed E-state index contributed by atoms with van der Waals surface area (Å²) in [6.07, 6.45) is 2.98. The second-order valence-electron chi connectivity index (χ2n) is 7.33. The summed E-state index contributed by atoms with van der Waals surface area (Å²) in [6.45, 7) is 3.69. The Morgan fingerprint density at radius 2 is 1.79 bits per heavy atom. The molecule has 0 bridgehead atoms. The Kier molecular flexibility index (Phi) is 6.69. The predicted molar refractivity (Wildman–Crippen MR) is 127 cm³/mol. The summed E-state index contributed by atoms with van der Waals surface area (Å²) in [4.78, 5) is 12.2. The van der Waals surface area contributed by atoms with E-state index in [1.165, 1.54) is 30.4 Å². The van der Waals surface area contributed by atoms with Gasteiger partial charge in [0.1, 0.15) is 0 Å². The molecule has 33 heavy (non-hydrogen) atoms. The van der Waals surface area contributed by atoms with Crippen molar-refractivity contribution in [3.63, 3.8) is 0 Å². The predicted octanol–water partition coefficient (Wildman–Crippen LogP) is 6.07. The zero-order chi connectivity index (χ0) is 23.4. The van der Waals surface area contributed by atoms with Crippen LogP contribution in [0, 0.1) is 25.5 Å². The van der Waals surface area contributed by atoms with Gasteiger partial charge in [-0.3, -0.25) is 0 Å². The molecule has 0 aliphatic carbocycles. The normalized spacial score (nSPS) is 10.8. The first-order valence-electron chi connectivity index (χ1n) is 10.1. The Labute approximate surface area is 194 Å². The topological polar surface area (TPSA) is 86.0 Å². The van der Waals surface area contributed by atoms with Crippen LogP contribution in [-0.4, -0.2) is 15.0 Å². The lowest BCUT2D eigenvalue weighted by molar-refractivity contribution is 0.407. The van der Waals surface area contributed by atoms with Crippen molar-refractivity contribution in [2.45, 2.75) is 19.6 Å². The highest BCUT2D eigenvalue weighted by atomic mass is 32.2. The zero-order valence-corrected chi connectivity index (χ0v) is 18.8. The van der Waals surface area contributed by atoms with Gasteiger partial charge in [0.25, 0.3) is 0 Å². The second-order valence-corrected chi connectivity index (χ2v) is 8.11. The number of ether oxygens (including phenoxy) is 1. The maximum Gasteiger partial charge on any atom is 0.228 e. The minimum absolute atomic E-state index is 0.0711. The highest BCUT2D eigenvalue weighted by Gasteiger charge is 2.20. The molecule has 9 heteroatoms. The fourth-order valence-electron chi connectivity index (χ4n) is 3.09. The van der Waals surface area contributed by atoms with Crippen LogP contribution in [0.25, 0.3) is 11.3 Å². The van der Waals surface area contributed by atoms with Gasteiger partial charge < -0.3 is 15.2 Å². The van der Waals surface area contributed by atoms with E-state index in [0.717, 1.165) is 11.1 Å². The lowest BCUT2D eigenvalue weighted by Gasteiger charge is -2.15. The third-order valence-corrected chi connectivity index (χ3v) is 5.66. The van der Waals surface area contributed by atoms with Gasteiger partial charge in [-0.1, -0.05) is 29.8 Å². The zero-order valence-electron chi connectivity index (χ0n) is 18.0. The molecule has 168 valence electrons. The molecule has 0 saturated carbocycles. The second kappa shape index (κ2) is 9.83. The van der Waals surface area contributed by atoms with E-state index in [-0.39, 0.29) is 23.3 Å². The standard InChI is InChI=1S/C24H21F2N5OS/c1-14-5-7-16(8-6-14)13-33-31-22-15(2)12-19(20(25)21(22)26)32-23-17(4-3-10-28-23)18-9-11-29-24(27)30-18/h3-12,31H,13H2,1-2H3,(H2,27,29,30). The molecule has 3 N–H and O–H groups in total. The van der Waals surface area contributed by atoms with Crippen molar-refractivity contribution >= 4 is 23.6 Å². The highest BCUT2D eigenvalue weighted by Crippen LogP contribution is 2.36. The van der Waals surface area contributed by atoms with E-state index in [1.807, 2.05) is 31.2 Å². The maximum absolute atomic E-state index is 14.9. The van der Waals surface area contributed by atoms with Gasteiger partial charge in [0, 0.05) is 18.1 Å². The van der Waals surface area contributed by atoms with E-state index in [2.05, 4.69) is 19.7 Å². The molecule has 0 aliphatic rings. The number of aromatic nitrogens is 3. The SMILES string of the molecule is Cc1ccc(CSNc2c(C)cc(Oc3ncccc3-c3ccnc(N)n3)c(F)c2F)cc1. The number of rotatable bonds is 7. The van der Waals surface area contributed by atoms with Gasteiger partial charge in [-0.15, -0.1) is 0 Å². The third-order valence-electron chi connectivity index (χ3n) is 4.83. The summed E-state index contributed by atoms with van der Waals surface area (Å²) in [5, 5.41) is 0. The Hall–Kier alpha value is -3.72. The molecule has 4 rings (SSSR count). The van der Waals surface area contributed by atoms with Gasteiger partial charge in [-0.25, -0.2) is 19.3 Å². The van der Waals surface area contributed by atoms with Crippen molar-refractivity contribution in [1.82, 2.24) is 15.0 Å². The van der Waals surface area contributed by atoms with Crippen molar-refractivity contribution in [1.29, 1.82) is 0 Å². The molecule has 2 aromatic carbocycles. The number of aryl methyl sites for hydroxylation is 2. The summed E-state index contributed by atoms with van der Waals surface area (Å²) in [5.74, 6) is -1.67. The first kappa shape index (κ1) is 22.5. The molecule has 0 unspecified atom stereocenters. The number of nitrogens with two attached hydrogens (primary N) is 1.